The van der Waals surface area contributed by atoms with Crippen molar-refractivity contribution in [3.05, 3.63) is 28.9 Å². The Labute approximate surface area is 121 Å². The zero-order valence-corrected chi connectivity index (χ0v) is 12.7. The summed E-state index contributed by atoms with van der Waals surface area (Å²) in [5, 5.41) is 7.50. The molecule has 0 spiro atoms. The first-order valence-electron chi connectivity index (χ1n) is 6.16. The Morgan fingerprint density at radius 2 is 2.30 bits per heavy atom. The van der Waals surface area contributed by atoms with E-state index in [0.29, 0.717) is 30.3 Å². The van der Waals surface area contributed by atoms with Gasteiger partial charge in [-0.3, -0.25) is 4.68 Å². The number of hydrogen-bond acceptors (Lipinski definition) is 6. The highest BCUT2D eigenvalue weighted by Gasteiger charge is 2.17. The second-order valence-corrected chi connectivity index (χ2v) is 7.42. The number of hydrogen-bond donors (Lipinski definition) is 2. The molecule has 110 valence electrons. The minimum absolute atomic E-state index is 0.316. The zero-order chi connectivity index (χ0) is 14.6. The molecule has 0 saturated heterocycles. The molecule has 0 bridgehead atoms. The molecule has 0 amide bonds. The Hall–Kier alpha value is -1.29. The monoisotopic (exact) mass is 315 g/mol. The fourth-order valence-electron chi connectivity index (χ4n) is 1.69. The first kappa shape index (κ1) is 15.1. The van der Waals surface area contributed by atoms with E-state index in [1.165, 1.54) is 11.3 Å². The molecule has 0 fully saturated rings. The maximum Gasteiger partial charge on any atom is 0.250 e. The van der Waals surface area contributed by atoms with Crippen molar-refractivity contribution < 1.29 is 8.42 Å². The Balaban J connectivity index is 1.90. The van der Waals surface area contributed by atoms with Crippen molar-refractivity contribution in [1.29, 1.82) is 0 Å². The molecular weight excluding hydrogens is 298 g/mol. The second kappa shape index (κ2) is 6.44. The van der Waals surface area contributed by atoms with E-state index < -0.39 is 10.0 Å². The highest BCUT2D eigenvalue weighted by atomic mass is 32.2. The summed E-state index contributed by atoms with van der Waals surface area (Å²) in [6, 6.07) is 1.66. The number of nitrogens with one attached hydrogen (secondary N) is 1. The van der Waals surface area contributed by atoms with Crippen LogP contribution in [0.4, 0.5) is 0 Å². The highest BCUT2D eigenvalue weighted by molar-refractivity contribution is 7.91. The van der Waals surface area contributed by atoms with Crippen molar-refractivity contribution in [2.45, 2.75) is 30.6 Å². The van der Waals surface area contributed by atoms with E-state index in [1.54, 1.807) is 23.1 Å². The van der Waals surface area contributed by atoms with Gasteiger partial charge in [-0.15, -0.1) is 16.4 Å². The number of rotatable bonds is 7. The quantitative estimate of drug-likeness (QED) is 0.723. The van der Waals surface area contributed by atoms with Crippen LogP contribution in [0.2, 0.25) is 0 Å². The van der Waals surface area contributed by atoms with Gasteiger partial charge in [-0.1, -0.05) is 5.21 Å². The van der Waals surface area contributed by atoms with Crippen LogP contribution in [0.3, 0.4) is 0 Å². The fraction of sp³-hybridized carbons (Fsp3) is 0.455. The summed E-state index contributed by atoms with van der Waals surface area (Å²) < 4.78 is 28.8. The van der Waals surface area contributed by atoms with Gasteiger partial charge in [0.2, 0.25) is 10.0 Å². The minimum atomic E-state index is -3.45. The largest absolute Gasteiger partial charge is 0.326 e. The summed E-state index contributed by atoms with van der Waals surface area (Å²) in [4.78, 5) is 0.896. The van der Waals surface area contributed by atoms with Crippen molar-refractivity contribution in [1.82, 2.24) is 19.7 Å². The lowest BCUT2D eigenvalue weighted by Crippen LogP contribution is -2.25. The van der Waals surface area contributed by atoms with Gasteiger partial charge < -0.3 is 5.73 Å². The molecule has 9 heteroatoms. The van der Waals surface area contributed by atoms with E-state index in [0.717, 1.165) is 10.4 Å². The normalized spacial score (nSPS) is 11.9. The molecule has 3 N–H and O–H groups in total. The lowest BCUT2D eigenvalue weighted by Gasteiger charge is -2.04. The molecule has 2 aromatic rings. The number of thiophene rings is 1. The average molecular weight is 315 g/mol. The maximum atomic E-state index is 12.1. The van der Waals surface area contributed by atoms with Crippen LogP contribution in [-0.2, 0) is 23.1 Å². The Morgan fingerprint density at radius 3 is 2.90 bits per heavy atom. The molecule has 2 rings (SSSR count). The van der Waals surface area contributed by atoms with Crippen molar-refractivity contribution in [3.8, 4) is 0 Å². The third kappa shape index (κ3) is 3.63. The first-order valence-corrected chi connectivity index (χ1v) is 8.46. The summed E-state index contributed by atoms with van der Waals surface area (Å²) in [5.41, 5.74) is 6.48. The Bertz CT molecular complexity index is 648. The summed E-state index contributed by atoms with van der Waals surface area (Å²) in [7, 11) is -3.45. The van der Waals surface area contributed by atoms with Crippen LogP contribution >= 0.6 is 11.3 Å². The summed E-state index contributed by atoms with van der Waals surface area (Å²) in [6.45, 7) is 3.21. The smallest absolute Gasteiger partial charge is 0.250 e. The SMILES string of the molecule is Cc1cc(S(=O)(=O)NCCCn2ccnn2)sc1CN. The minimum Gasteiger partial charge on any atom is -0.326 e. The highest BCUT2D eigenvalue weighted by Crippen LogP contribution is 2.25. The van der Waals surface area contributed by atoms with Gasteiger partial charge in [0.05, 0.1) is 6.20 Å². The molecular formula is C11H17N5O2S2. The molecule has 0 aliphatic heterocycles. The van der Waals surface area contributed by atoms with E-state index in [9.17, 15) is 8.42 Å². The molecule has 0 aliphatic rings. The van der Waals surface area contributed by atoms with Crippen LogP contribution in [0.5, 0.6) is 0 Å². The molecule has 0 saturated carbocycles. The van der Waals surface area contributed by atoms with Gasteiger partial charge in [-0.2, -0.15) is 0 Å². The van der Waals surface area contributed by atoms with Gasteiger partial charge >= 0.3 is 0 Å². The van der Waals surface area contributed by atoms with E-state index in [1.807, 2.05) is 6.92 Å². The lowest BCUT2D eigenvalue weighted by molar-refractivity contribution is 0.543. The number of nitrogens with zero attached hydrogens (tertiary/aromatic N) is 3. The fourth-order valence-corrected chi connectivity index (χ4v) is 4.28. The van der Waals surface area contributed by atoms with Crippen molar-refractivity contribution in [3.63, 3.8) is 0 Å². The zero-order valence-electron chi connectivity index (χ0n) is 11.1. The predicted molar refractivity (Wildman–Crippen MR) is 76.8 cm³/mol. The molecule has 0 aliphatic carbocycles. The lowest BCUT2D eigenvalue weighted by atomic mass is 10.3. The summed E-state index contributed by atoms with van der Waals surface area (Å²) in [5.74, 6) is 0. The molecule has 20 heavy (non-hydrogen) atoms. The van der Waals surface area contributed by atoms with E-state index >= 15 is 0 Å². The van der Waals surface area contributed by atoms with E-state index in [4.69, 9.17) is 5.73 Å². The molecule has 0 radical (unpaired) electrons. The third-order valence-corrected chi connectivity index (χ3v) is 5.97. The molecule has 0 unspecified atom stereocenters. The van der Waals surface area contributed by atoms with Gasteiger partial charge in [-0.25, -0.2) is 13.1 Å². The van der Waals surface area contributed by atoms with E-state index in [2.05, 4.69) is 15.0 Å². The molecule has 2 heterocycles. The second-order valence-electron chi connectivity index (χ2n) is 4.29. The summed E-state index contributed by atoms with van der Waals surface area (Å²) >= 11 is 1.22. The molecule has 7 nitrogen and oxygen atoms in total. The molecule has 2 aromatic heterocycles. The van der Waals surface area contributed by atoms with Crippen molar-refractivity contribution in [2.75, 3.05) is 6.54 Å². The summed E-state index contributed by atoms with van der Waals surface area (Å²) in [6.07, 6.45) is 3.98. The van der Waals surface area contributed by atoms with Crippen LogP contribution in [0.1, 0.15) is 16.9 Å². The molecule has 0 aromatic carbocycles. The van der Waals surface area contributed by atoms with Gasteiger partial charge in [-0.05, 0) is 25.0 Å². The number of aryl methyl sites for hydroxylation is 2. The Morgan fingerprint density at radius 1 is 1.50 bits per heavy atom. The van der Waals surface area contributed by atoms with Crippen LogP contribution in [0.15, 0.2) is 22.7 Å². The van der Waals surface area contributed by atoms with Crippen LogP contribution in [0.25, 0.3) is 0 Å². The average Bonchev–Trinajstić information content (AvgIpc) is 3.04. The van der Waals surface area contributed by atoms with Gasteiger partial charge in [0, 0.05) is 30.7 Å². The van der Waals surface area contributed by atoms with Crippen LogP contribution in [0, 0.1) is 6.92 Å². The first-order chi connectivity index (χ1) is 9.53. The van der Waals surface area contributed by atoms with Crippen molar-refractivity contribution in [2.24, 2.45) is 5.73 Å². The van der Waals surface area contributed by atoms with E-state index in [-0.39, 0.29) is 0 Å². The molecule has 0 atom stereocenters. The van der Waals surface area contributed by atoms with Gasteiger partial charge in [0.15, 0.2) is 0 Å². The van der Waals surface area contributed by atoms with Crippen LogP contribution in [-0.4, -0.2) is 30.0 Å². The maximum absolute atomic E-state index is 12.1. The standard InChI is InChI=1S/C11H17N5O2S2/c1-9-7-11(19-10(9)8-12)20(17,18)14-3-2-5-16-6-4-13-15-16/h4,6-7,14H,2-3,5,8,12H2,1H3. The number of aromatic nitrogens is 3. The number of sulfonamides is 1. The van der Waals surface area contributed by atoms with Gasteiger partial charge in [0.1, 0.15) is 4.21 Å². The van der Waals surface area contributed by atoms with Crippen LogP contribution < -0.4 is 10.5 Å². The topological polar surface area (TPSA) is 103 Å². The van der Waals surface area contributed by atoms with Gasteiger partial charge in [0.25, 0.3) is 0 Å². The predicted octanol–water partition coefficient (Wildman–Crippen LogP) is 0.475. The Kier molecular flexibility index (Phi) is 4.86. The number of nitrogens with two attached hydrogens (primary N) is 1. The third-order valence-electron chi connectivity index (χ3n) is 2.78. The van der Waals surface area contributed by atoms with Crippen molar-refractivity contribution >= 4 is 21.4 Å².